The zero-order valence-electron chi connectivity index (χ0n) is 12.8. The van der Waals surface area contributed by atoms with Crippen LogP contribution in [0.15, 0.2) is 30.5 Å². The van der Waals surface area contributed by atoms with E-state index in [4.69, 9.17) is 5.11 Å². The monoisotopic (exact) mass is 305 g/mol. The van der Waals surface area contributed by atoms with Gasteiger partial charge in [0, 0.05) is 38.1 Å². The van der Waals surface area contributed by atoms with Crippen LogP contribution in [-0.4, -0.2) is 38.0 Å². The van der Waals surface area contributed by atoms with Crippen LogP contribution in [0.2, 0.25) is 0 Å². The van der Waals surface area contributed by atoms with Gasteiger partial charge in [-0.3, -0.25) is 5.32 Å². The molecule has 0 aromatic heterocycles. The SMILES string of the molecule is OCCC1CCN(c2ccc(N3C=CCNC3)c(F)c2)CC1. The standard InChI is InChI=1S/C17H24FN3O/c18-16-12-15(20-9-4-14(5-10-20)6-11-22)2-3-17(16)21-8-1-7-19-13-21/h1-3,8,12,14,19,22H,4-7,9-11,13H2. The van der Waals surface area contributed by atoms with Crippen LogP contribution in [0.4, 0.5) is 15.8 Å². The van der Waals surface area contributed by atoms with Crippen LogP contribution >= 0.6 is 0 Å². The van der Waals surface area contributed by atoms with Crippen LogP contribution in [0.25, 0.3) is 0 Å². The molecular weight excluding hydrogens is 281 g/mol. The molecule has 1 saturated heterocycles. The topological polar surface area (TPSA) is 38.7 Å². The molecule has 2 aliphatic heterocycles. The van der Waals surface area contributed by atoms with Gasteiger partial charge in [-0.05, 0) is 43.4 Å². The largest absolute Gasteiger partial charge is 0.396 e. The third-order valence-corrected chi connectivity index (χ3v) is 4.59. The van der Waals surface area contributed by atoms with Gasteiger partial charge < -0.3 is 14.9 Å². The first-order valence-corrected chi connectivity index (χ1v) is 8.07. The maximum Gasteiger partial charge on any atom is 0.148 e. The molecular formula is C17H24FN3O. The Bertz CT molecular complexity index is 527. The summed E-state index contributed by atoms with van der Waals surface area (Å²) in [6.45, 7) is 3.62. The van der Waals surface area contributed by atoms with Gasteiger partial charge in [-0.15, -0.1) is 0 Å². The predicted molar refractivity (Wildman–Crippen MR) is 87.5 cm³/mol. The highest BCUT2D eigenvalue weighted by atomic mass is 19.1. The number of rotatable bonds is 4. The maximum atomic E-state index is 14.4. The van der Waals surface area contributed by atoms with E-state index in [1.807, 2.05) is 29.3 Å². The minimum absolute atomic E-state index is 0.177. The summed E-state index contributed by atoms with van der Waals surface area (Å²) in [5.41, 5.74) is 1.57. The van der Waals surface area contributed by atoms with Crippen molar-refractivity contribution in [3.63, 3.8) is 0 Å². The molecule has 0 atom stereocenters. The molecule has 0 unspecified atom stereocenters. The van der Waals surface area contributed by atoms with Crippen LogP contribution in [0.3, 0.4) is 0 Å². The van der Waals surface area contributed by atoms with Crippen LogP contribution in [0, 0.1) is 11.7 Å². The normalized spacial score (nSPS) is 19.7. The van der Waals surface area contributed by atoms with Crippen molar-refractivity contribution >= 4 is 11.4 Å². The van der Waals surface area contributed by atoms with Crippen molar-refractivity contribution in [1.29, 1.82) is 0 Å². The molecule has 0 aliphatic carbocycles. The highest BCUT2D eigenvalue weighted by Crippen LogP contribution is 2.29. The minimum Gasteiger partial charge on any atom is -0.396 e. The molecule has 5 heteroatoms. The van der Waals surface area contributed by atoms with E-state index in [1.165, 1.54) is 0 Å². The predicted octanol–water partition coefficient (Wildman–Crippen LogP) is 2.31. The number of hydrogen-bond acceptors (Lipinski definition) is 4. The lowest BCUT2D eigenvalue weighted by atomic mass is 9.93. The van der Waals surface area contributed by atoms with Crippen molar-refractivity contribution < 1.29 is 9.50 Å². The second-order valence-corrected chi connectivity index (χ2v) is 6.05. The van der Waals surface area contributed by atoms with Crippen molar-refractivity contribution in [2.45, 2.75) is 19.3 Å². The Morgan fingerprint density at radius 1 is 1.27 bits per heavy atom. The molecule has 120 valence electrons. The lowest BCUT2D eigenvalue weighted by Gasteiger charge is -2.34. The fraction of sp³-hybridized carbons (Fsp3) is 0.529. The molecule has 1 fully saturated rings. The highest BCUT2D eigenvalue weighted by molar-refractivity contribution is 5.59. The summed E-state index contributed by atoms with van der Waals surface area (Å²) < 4.78 is 14.4. The summed E-state index contributed by atoms with van der Waals surface area (Å²) in [7, 11) is 0. The van der Waals surface area contributed by atoms with E-state index in [9.17, 15) is 4.39 Å². The quantitative estimate of drug-likeness (QED) is 0.895. The van der Waals surface area contributed by atoms with E-state index in [2.05, 4.69) is 10.2 Å². The Labute approximate surface area is 131 Å². The molecule has 0 spiro atoms. The zero-order chi connectivity index (χ0) is 15.4. The van der Waals surface area contributed by atoms with Gasteiger partial charge in [-0.2, -0.15) is 0 Å². The maximum absolute atomic E-state index is 14.4. The number of aliphatic hydroxyl groups is 1. The van der Waals surface area contributed by atoms with Crippen molar-refractivity contribution in [2.24, 2.45) is 5.92 Å². The highest BCUT2D eigenvalue weighted by Gasteiger charge is 2.20. The molecule has 1 aromatic rings. The van der Waals surface area contributed by atoms with Gasteiger partial charge in [0.2, 0.25) is 0 Å². The Morgan fingerprint density at radius 2 is 2.09 bits per heavy atom. The lowest BCUT2D eigenvalue weighted by Crippen LogP contribution is -2.35. The molecule has 3 rings (SSSR count). The molecule has 0 amide bonds. The molecule has 0 saturated carbocycles. The summed E-state index contributed by atoms with van der Waals surface area (Å²) >= 11 is 0. The van der Waals surface area contributed by atoms with Gasteiger partial charge in [0.1, 0.15) is 5.82 Å². The summed E-state index contributed by atoms with van der Waals surface area (Å²) in [6.07, 6.45) is 6.94. The Balaban J connectivity index is 1.67. The summed E-state index contributed by atoms with van der Waals surface area (Å²) in [5.74, 6) is 0.429. The molecule has 2 heterocycles. The van der Waals surface area contributed by atoms with Crippen molar-refractivity contribution in [1.82, 2.24) is 5.32 Å². The summed E-state index contributed by atoms with van der Waals surface area (Å²) in [5, 5.41) is 12.2. The first kappa shape index (κ1) is 15.3. The molecule has 1 aromatic carbocycles. The number of benzene rings is 1. The molecule has 0 bridgehead atoms. The number of halogens is 1. The lowest BCUT2D eigenvalue weighted by molar-refractivity contribution is 0.240. The van der Waals surface area contributed by atoms with Gasteiger partial charge in [-0.25, -0.2) is 4.39 Å². The van der Waals surface area contributed by atoms with Crippen molar-refractivity contribution in [2.75, 3.05) is 42.7 Å². The number of aliphatic hydroxyl groups excluding tert-OH is 1. The molecule has 2 aliphatic rings. The fourth-order valence-electron chi connectivity index (χ4n) is 3.25. The minimum atomic E-state index is -0.177. The number of nitrogens with one attached hydrogen (secondary N) is 1. The van der Waals surface area contributed by atoms with E-state index in [1.54, 1.807) is 6.07 Å². The molecule has 4 nitrogen and oxygen atoms in total. The first-order valence-electron chi connectivity index (χ1n) is 8.07. The summed E-state index contributed by atoms with van der Waals surface area (Å²) in [4.78, 5) is 4.13. The van der Waals surface area contributed by atoms with Crippen molar-refractivity contribution in [3.05, 3.63) is 36.3 Å². The second-order valence-electron chi connectivity index (χ2n) is 6.05. The van der Waals surface area contributed by atoms with Gasteiger partial charge in [0.25, 0.3) is 0 Å². The van der Waals surface area contributed by atoms with E-state index >= 15 is 0 Å². The fourth-order valence-corrected chi connectivity index (χ4v) is 3.25. The zero-order valence-corrected chi connectivity index (χ0v) is 12.8. The van der Waals surface area contributed by atoms with Gasteiger partial charge >= 0.3 is 0 Å². The molecule has 0 radical (unpaired) electrons. The first-order chi connectivity index (χ1) is 10.8. The number of anilines is 2. The number of nitrogens with zero attached hydrogens (tertiary/aromatic N) is 2. The molecule has 22 heavy (non-hydrogen) atoms. The second kappa shape index (κ2) is 7.11. The van der Waals surface area contributed by atoms with Crippen LogP contribution in [0.5, 0.6) is 0 Å². The van der Waals surface area contributed by atoms with E-state index in [0.717, 1.165) is 44.6 Å². The van der Waals surface area contributed by atoms with Gasteiger partial charge in [0.05, 0.1) is 12.4 Å². The van der Waals surface area contributed by atoms with Crippen molar-refractivity contribution in [3.8, 4) is 0 Å². The number of hydrogen-bond donors (Lipinski definition) is 2. The van der Waals surface area contributed by atoms with Crippen LogP contribution in [0.1, 0.15) is 19.3 Å². The smallest absolute Gasteiger partial charge is 0.148 e. The van der Waals surface area contributed by atoms with Crippen LogP contribution < -0.4 is 15.1 Å². The Hall–Kier alpha value is -1.59. The van der Waals surface area contributed by atoms with Gasteiger partial charge in [-0.1, -0.05) is 6.08 Å². The Morgan fingerprint density at radius 3 is 2.73 bits per heavy atom. The summed E-state index contributed by atoms with van der Waals surface area (Å²) in [6, 6.07) is 5.51. The average molecular weight is 305 g/mol. The third-order valence-electron chi connectivity index (χ3n) is 4.59. The van der Waals surface area contributed by atoms with Gasteiger partial charge in [0.15, 0.2) is 0 Å². The molecule has 2 N–H and O–H groups in total. The average Bonchev–Trinajstić information content (AvgIpc) is 2.56. The third kappa shape index (κ3) is 3.42. The number of piperidine rings is 1. The van der Waals surface area contributed by atoms with E-state index < -0.39 is 0 Å². The van der Waals surface area contributed by atoms with E-state index in [0.29, 0.717) is 18.3 Å². The Kier molecular flexibility index (Phi) is 4.95. The van der Waals surface area contributed by atoms with E-state index in [-0.39, 0.29) is 12.4 Å². The van der Waals surface area contributed by atoms with Crippen LogP contribution in [-0.2, 0) is 0 Å².